The molecule has 1 aliphatic carbocycles. The predicted molar refractivity (Wildman–Crippen MR) is 65.4 cm³/mol. The van der Waals surface area contributed by atoms with Gasteiger partial charge < -0.3 is 14.8 Å². The first-order chi connectivity index (χ1) is 8.51. The fraction of sp³-hybridized carbons (Fsp3) is 0.636. The molecule has 1 saturated carbocycles. The molecule has 1 aromatic rings. The molecule has 1 aliphatic rings. The monoisotopic (exact) mass is 274 g/mol. The van der Waals surface area contributed by atoms with E-state index < -0.39 is 10.0 Å². The van der Waals surface area contributed by atoms with Crippen LogP contribution in [-0.4, -0.2) is 33.7 Å². The van der Waals surface area contributed by atoms with Crippen molar-refractivity contribution in [2.24, 2.45) is 5.41 Å². The topological polar surface area (TPSA) is 91.6 Å². The van der Waals surface area contributed by atoms with Crippen molar-refractivity contribution < 1.29 is 17.9 Å². The molecule has 1 aromatic heterocycles. The first-order valence-corrected chi connectivity index (χ1v) is 7.33. The minimum atomic E-state index is -3.62. The van der Waals surface area contributed by atoms with Gasteiger partial charge in [0.25, 0.3) is 10.0 Å². The molecular formula is C11H18N2O4S. The lowest BCUT2D eigenvalue weighted by atomic mass is 10.1. The molecule has 0 aromatic carbocycles. The molecule has 102 valence electrons. The summed E-state index contributed by atoms with van der Waals surface area (Å²) in [4.78, 5) is 0. The van der Waals surface area contributed by atoms with Crippen LogP contribution in [0.3, 0.4) is 0 Å². The number of furan rings is 1. The van der Waals surface area contributed by atoms with E-state index in [4.69, 9.17) is 9.52 Å². The van der Waals surface area contributed by atoms with Crippen LogP contribution >= 0.6 is 0 Å². The number of aliphatic hydroxyl groups excluding tert-OH is 1. The van der Waals surface area contributed by atoms with Crippen LogP contribution in [0.1, 0.15) is 18.6 Å². The van der Waals surface area contributed by atoms with Gasteiger partial charge in [-0.05, 0) is 32.0 Å². The minimum Gasteiger partial charge on any atom is -0.447 e. The van der Waals surface area contributed by atoms with Crippen molar-refractivity contribution in [2.45, 2.75) is 24.5 Å². The Balaban J connectivity index is 2.01. The maximum Gasteiger partial charge on any atom is 0.273 e. The second-order valence-electron chi connectivity index (χ2n) is 4.73. The van der Waals surface area contributed by atoms with Gasteiger partial charge in [-0.25, -0.2) is 13.1 Å². The summed E-state index contributed by atoms with van der Waals surface area (Å²) < 4.78 is 31.6. The van der Waals surface area contributed by atoms with Crippen LogP contribution in [-0.2, 0) is 16.6 Å². The lowest BCUT2D eigenvalue weighted by Crippen LogP contribution is -2.31. The number of hydrogen-bond acceptors (Lipinski definition) is 5. The Hall–Kier alpha value is -0.890. The van der Waals surface area contributed by atoms with Crippen molar-refractivity contribution in [2.75, 3.05) is 20.2 Å². The van der Waals surface area contributed by atoms with Crippen LogP contribution in [0.5, 0.6) is 0 Å². The van der Waals surface area contributed by atoms with Crippen molar-refractivity contribution in [1.82, 2.24) is 10.0 Å². The summed E-state index contributed by atoms with van der Waals surface area (Å²) in [6, 6.07) is 3.07. The Morgan fingerprint density at radius 2 is 2.17 bits per heavy atom. The molecule has 18 heavy (non-hydrogen) atoms. The third-order valence-electron chi connectivity index (χ3n) is 3.18. The maximum absolute atomic E-state index is 11.9. The van der Waals surface area contributed by atoms with E-state index in [1.165, 1.54) is 6.07 Å². The Labute approximate surface area is 106 Å². The first-order valence-electron chi connectivity index (χ1n) is 5.85. The highest BCUT2D eigenvalue weighted by Crippen LogP contribution is 2.44. The summed E-state index contributed by atoms with van der Waals surface area (Å²) in [6.07, 6.45) is 1.71. The lowest BCUT2D eigenvalue weighted by Gasteiger charge is -2.11. The summed E-state index contributed by atoms with van der Waals surface area (Å²) in [5.41, 5.74) is -0.256. The summed E-state index contributed by atoms with van der Waals surface area (Å²) in [5, 5.41) is 11.9. The molecule has 0 spiro atoms. The van der Waals surface area contributed by atoms with E-state index in [9.17, 15) is 8.42 Å². The molecule has 3 N–H and O–H groups in total. The normalized spacial score (nSPS) is 17.9. The third kappa shape index (κ3) is 2.92. The number of rotatable bonds is 7. The number of aliphatic hydroxyl groups is 1. The van der Waals surface area contributed by atoms with Crippen LogP contribution < -0.4 is 10.0 Å². The Bertz CT molecular complexity index is 505. The summed E-state index contributed by atoms with van der Waals surface area (Å²) in [6.45, 7) is 0.753. The zero-order chi connectivity index (χ0) is 13.2. The van der Waals surface area contributed by atoms with Gasteiger partial charge in [0.1, 0.15) is 5.76 Å². The molecule has 6 nitrogen and oxygen atoms in total. The van der Waals surface area contributed by atoms with E-state index >= 15 is 0 Å². The molecule has 0 amide bonds. The van der Waals surface area contributed by atoms with Gasteiger partial charge in [0, 0.05) is 18.6 Å². The molecule has 1 heterocycles. The van der Waals surface area contributed by atoms with Crippen molar-refractivity contribution in [1.29, 1.82) is 0 Å². The van der Waals surface area contributed by atoms with Gasteiger partial charge >= 0.3 is 0 Å². The van der Waals surface area contributed by atoms with Gasteiger partial charge in [-0.15, -0.1) is 0 Å². The number of nitrogens with one attached hydrogen (secondary N) is 2. The third-order valence-corrected chi connectivity index (χ3v) is 4.46. The van der Waals surface area contributed by atoms with E-state index in [1.54, 1.807) is 13.1 Å². The van der Waals surface area contributed by atoms with Crippen LogP contribution in [0.4, 0.5) is 0 Å². The van der Waals surface area contributed by atoms with Gasteiger partial charge in [-0.2, -0.15) is 0 Å². The van der Waals surface area contributed by atoms with Crippen molar-refractivity contribution >= 4 is 10.0 Å². The molecule has 1 fully saturated rings. The largest absolute Gasteiger partial charge is 0.447 e. The van der Waals surface area contributed by atoms with E-state index in [0.717, 1.165) is 12.8 Å². The van der Waals surface area contributed by atoms with Crippen molar-refractivity contribution in [3.8, 4) is 0 Å². The Kier molecular flexibility index (Phi) is 3.76. The maximum atomic E-state index is 11.9. The molecular weight excluding hydrogens is 256 g/mol. The lowest BCUT2D eigenvalue weighted by molar-refractivity contribution is 0.213. The summed E-state index contributed by atoms with van der Waals surface area (Å²) in [5.74, 6) is 0.571. The number of sulfonamides is 1. The van der Waals surface area contributed by atoms with Gasteiger partial charge in [0.05, 0.1) is 6.54 Å². The summed E-state index contributed by atoms with van der Waals surface area (Å²) in [7, 11) is -1.86. The van der Waals surface area contributed by atoms with Crippen LogP contribution in [0.25, 0.3) is 0 Å². The van der Waals surface area contributed by atoms with Gasteiger partial charge in [-0.3, -0.25) is 0 Å². The van der Waals surface area contributed by atoms with Crippen LogP contribution in [0.2, 0.25) is 0 Å². The van der Waals surface area contributed by atoms with E-state index in [2.05, 4.69) is 10.0 Å². The number of hydrogen-bond donors (Lipinski definition) is 3. The molecule has 0 unspecified atom stereocenters. The molecule has 0 bridgehead atoms. The molecule has 7 heteroatoms. The van der Waals surface area contributed by atoms with Gasteiger partial charge in [0.15, 0.2) is 0 Å². The highest BCUT2D eigenvalue weighted by atomic mass is 32.2. The van der Waals surface area contributed by atoms with Crippen molar-refractivity contribution in [3.63, 3.8) is 0 Å². The molecule has 0 aliphatic heterocycles. The fourth-order valence-corrected chi connectivity index (χ4v) is 2.76. The second-order valence-corrected chi connectivity index (χ2v) is 6.43. The average molecular weight is 274 g/mol. The highest BCUT2D eigenvalue weighted by molar-refractivity contribution is 7.89. The summed E-state index contributed by atoms with van der Waals surface area (Å²) >= 11 is 0. The van der Waals surface area contributed by atoms with Crippen molar-refractivity contribution in [3.05, 3.63) is 17.9 Å². The molecule has 2 rings (SSSR count). The zero-order valence-electron chi connectivity index (χ0n) is 10.3. The molecule has 0 saturated heterocycles. The van der Waals surface area contributed by atoms with E-state index in [1.807, 2.05) is 0 Å². The van der Waals surface area contributed by atoms with Gasteiger partial charge in [0.2, 0.25) is 5.09 Å². The molecule has 0 atom stereocenters. The zero-order valence-corrected chi connectivity index (χ0v) is 11.1. The second kappa shape index (κ2) is 5.00. The quantitative estimate of drug-likeness (QED) is 0.653. The predicted octanol–water partition coefficient (Wildman–Crippen LogP) is 0.0498. The van der Waals surface area contributed by atoms with Crippen LogP contribution in [0.15, 0.2) is 21.6 Å². The Morgan fingerprint density at radius 3 is 2.72 bits per heavy atom. The highest BCUT2D eigenvalue weighted by Gasteiger charge is 2.42. The Morgan fingerprint density at radius 1 is 1.44 bits per heavy atom. The van der Waals surface area contributed by atoms with E-state index in [0.29, 0.717) is 12.3 Å². The molecule has 0 radical (unpaired) electrons. The minimum absolute atomic E-state index is 0.0126. The average Bonchev–Trinajstić information content (AvgIpc) is 2.98. The standard InChI is InChI=1S/C11H18N2O4S/c1-12-6-9-2-3-10(17-9)18(15,16)13-7-11(8-14)4-5-11/h2-3,12-14H,4-8H2,1H3. The van der Waals surface area contributed by atoms with Crippen LogP contribution in [0, 0.1) is 5.41 Å². The first kappa shape index (κ1) is 13.5. The smallest absolute Gasteiger partial charge is 0.273 e. The fourth-order valence-electron chi connectivity index (χ4n) is 1.66. The SMILES string of the molecule is CNCc1ccc(S(=O)(=O)NCC2(CO)CC2)o1. The van der Waals surface area contributed by atoms with E-state index in [-0.39, 0.29) is 23.7 Å². The van der Waals surface area contributed by atoms with Gasteiger partial charge in [-0.1, -0.05) is 0 Å².